The van der Waals surface area contributed by atoms with Crippen molar-refractivity contribution in [3.8, 4) is 0 Å². The minimum atomic E-state index is 0.552. The summed E-state index contributed by atoms with van der Waals surface area (Å²) in [6, 6.07) is 0. The van der Waals surface area contributed by atoms with Crippen molar-refractivity contribution in [3.05, 3.63) is 48.6 Å². The third-order valence-corrected chi connectivity index (χ3v) is 1.29. The molecule has 0 saturated carbocycles. The van der Waals surface area contributed by atoms with E-state index in [1.54, 1.807) is 6.08 Å². The summed E-state index contributed by atoms with van der Waals surface area (Å²) >= 11 is 5.45. The first-order valence-corrected chi connectivity index (χ1v) is 4.06. The monoisotopic (exact) mass is 168 g/mol. The van der Waals surface area contributed by atoms with Crippen LogP contribution in [0, 0.1) is 0 Å². The first-order chi connectivity index (χ1) is 5.35. The fraction of sp³-hybridized carbons (Fsp3) is 0.200. The van der Waals surface area contributed by atoms with Gasteiger partial charge in [-0.3, -0.25) is 0 Å². The molecule has 0 heterocycles. The van der Waals surface area contributed by atoms with Gasteiger partial charge in [0, 0.05) is 5.88 Å². The van der Waals surface area contributed by atoms with Crippen LogP contribution in [0.1, 0.15) is 6.92 Å². The first-order valence-electron chi connectivity index (χ1n) is 3.53. The van der Waals surface area contributed by atoms with Crippen LogP contribution in [-0.4, -0.2) is 5.88 Å². The first kappa shape index (κ1) is 10.2. The van der Waals surface area contributed by atoms with E-state index < -0.39 is 0 Å². The molecule has 0 aliphatic rings. The normalized spacial score (nSPS) is 13.1. The third kappa shape index (κ3) is 5.68. The molecule has 0 amide bonds. The van der Waals surface area contributed by atoms with E-state index >= 15 is 0 Å². The molecule has 0 atom stereocenters. The minimum Gasteiger partial charge on any atom is -0.122 e. The highest BCUT2D eigenvalue weighted by molar-refractivity contribution is 6.18. The van der Waals surface area contributed by atoms with Crippen LogP contribution in [0.2, 0.25) is 0 Å². The summed E-state index contributed by atoms with van der Waals surface area (Å²) in [7, 11) is 0. The predicted octanol–water partition coefficient (Wildman–Crippen LogP) is 3.47. The number of halogens is 1. The molecule has 0 bridgehead atoms. The Labute approximate surface area is 73.6 Å². The van der Waals surface area contributed by atoms with Crippen molar-refractivity contribution < 1.29 is 0 Å². The molecule has 0 unspecified atom stereocenters. The van der Waals surface area contributed by atoms with Crippen LogP contribution < -0.4 is 0 Å². The molecule has 11 heavy (non-hydrogen) atoms. The van der Waals surface area contributed by atoms with Crippen molar-refractivity contribution in [1.29, 1.82) is 0 Å². The molecule has 1 heteroatoms. The van der Waals surface area contributed by atoms with Crippen molar-refractivity contribution in [2.45, 2.75) is 6.92 Å². The van der Waals surface area contributed by atoms with Gasteiger partial charge >= 0.3 is 0 Å². The van der Waals surface area contributed by atoms with E-state index in [4.69, 9.17) is 11.6 Å². The van der Waals surface area contributed by atoms with Crippen LogP contribution in [0.25, 0.3) is 0 Å². The molecular weight excluding hydrogens is 156 g/mol. The van der Waals surface area contributed by atoms with Crippen molar-refractivity contribution >= 4 is 11.6 Å². The van der Waals surface area contributed by atoms with E-state index in [2.05, 4.69) is 6.58 Å². The van der Waals surface area contributed by atoms with Gasteiger partial charge in [0.05, 0.1) is 0 Å². The molecule has 0 fully saturated rings. The maximum absolute atomic E-state index is 5.45. The van der Waals surface area contributed by atoms with Gasteiger partial charge in [0.25, 0.3) is 0 Å². The molecule has 0 rings (SSSR count). The van der Waals surface area contributed by atoms with Gasteiger partial charge in [-0.15, -0.1) is 11.6 Å². The largest absolute Gasteiger partial charge is 0.122 e. The Hall–Kier alpha value is -0.750. The van der Waals surface area contributed by atoms with Gasteiger partial charge in [-0.25, -0.2) is 0 Å². The van der Waals surface area contributed by atoms with Gasteiger partial charge in [-0.1, -0.05) is 43.0 Å². The second-order valence-electron chi connectivity index (χ2n) is 1.95. The molecular formula is C10H13Cl. The fourth-order valence-corrected chi connectivity index (χ4v) is 0.718. The highest BCUT2D eigenvalue weighted by Crippen LogP contribution is 1.98. The maximum atomic E-state index is 5.45. The molecule has 0 aromatic rings. The Morgan fingerprint density at radius 2 is 2.27 bits per heavy atom. The van der Waals surface area contributed by atoms with Crippen LogP contribution >= 0.6 is 11.6 Å². The SMILES string of the molecule is C=CC(/C=C\C)=C/C=C/CCl. The smallest absolute Gasteiger partial charge is 0.0407 e. The molecule has 0 radical (unpaired) electrons. The Balaban J connectivity index is 4.11. The van der Waals surface area contributed by atoms with Gasteiger partial charge in [-0.05, 0) is 12.5 Å². The van der Waals surface area contributed by atoms with E-state index in [-0.39, 0.29) is 0 Å². The Bertz CT molecular complexity index is 185. The molecule has 0 aliphatic carbocycles. The topological polar surface area (TPSA) is 0 Å². The Kier molecular flexibility index (Phi) is 6.86. The molecule has 0 nitrogen and oxygen atoms in total. The average Bonchev–Trinajstić information content (AvgIpc) is 2.03. The minimum absolute atomic E-state index is 0.552. The van der Waals surface area contributed by atoms with Gasteiger partial charge in [0.2, 0.25) is 0 Å². The van der Waals surface area contributed by atoms with Crippen molar-refractivity contribution in [1.82, 2.24) is 0 Å². The van der Waals surface area contributed by atoms with E-state index in [0.717, 1.165) is 5.57 Å². The summed E-state index contributed by atoms with van der Waals surface area (Å²) in [6.45, 7) is 5.65. The standard InChI is InChI=1S/C10H13Cl/c1-3-7-10(4-2)8-5-6-9-11/h3-8H,2,9H2,1H3/b6-5+,7-3-,10-8-. The van der Waals surface area contributed by atoms with Gasteiger partial charge in [-0.2, -0.15) is 0 Å². The summed E-state index contributed by atoms with van der Waals surface area (Å²) < 4.78 is 0. The van der Waals surface area contributed by atoms with Gasteiger partial charge in [0.1, 0.15) is 0 Å². The summed E-state index contributed by atoms with van der Waals surface area (Å²) in [4.78, 5) is 0. The Morgan fingerprint density at radius 1 is 1.55 bits per heavy atom. The van der Waals surface area contributed by atoms with Gasteiger partial charge < -0.3 is 0 Å². The quantitative estimate of drug-likeness (QED) is 0.446. The lowest BCUT2D eigenvalue weighted by molar-refractivity contribution is 1.62. The van der Waals surface area contributed by atoms with Crippen molar-refractivity contribution in [2.24, 2.45) is 0 Å². The number of rotatable bonds is 4. The number of hydrogen-bond donors (Lipinski definition) is 0. The van der Waals surface area contributed by atoms with Crippen LogP contribution in [0.3, 0.4) is 0 Å². The van der Waals surface area contributed by atoms with E-state index in [9.17, 15) is 0 Å². The molecule has 0 aliphatic heterocycles. The Morgan fingerprint density at radius 3 is 2.73 bits per heavy atom. The predicted molar refractivity (Wildman–Crippen MR) is 53.0 cm³/mol. The molecule has 60 valence electrons. The zero-order chi connectivity index (χ0) is 8.53. The van der Waals surface area contributed by atoms with Crippen LogP contribution in [0.5, 0.6) is 0 Å². The molecule has 0 aromatic carbocycles. The number of hydrogen-bond acceptors (Lipinski definition) is 0. The zero-order valence-electron chi connectivity index (χ0n) is 6.76. The van der Waals surface area contributed by atoms with Gasteiger partial charge in [0.15, 0.2) is 0 Å². The maximum Gasteiger partial charge on any atom is 0.0407 e. The van der Waals surface area contributed by atoms with Crippen LogP contribution in [0.15, 0.2) is 48.6 Å². The fourth-order valence-electron chi connectivity index (χ4n) is 0.615. The van der Waals surface area contributed by atoms with Crippen LogP contribution in [-0.2, 0) is 0 Å². The summed E-state index contributed by atoms with van der Waals surface area (Å²) in [5.41, 5.74) is 1.09. The van der Waals surface area contributed by atoms with Crippen molar-refractivity contribution in [2.75, 3.05) is 5.88 Å². The van der Waals surface area contributed by atoms with Crippen LogP contribution in [0.4, 0.5) is 0 Å². The van der Waals surface area contributed by atoms with E-state index in [0.29, 0.717) is 5.88 Å². The molecule has 0 spiro atoms. The molecule has 0 saturated heterocycles. The highest BCUT2D eigenvalue weighted by atomic mass is 35.5. The van der Waals surface area contributed by atoms with Crippen molar-refractivity contribution in [3.63, 3.8) is 0 Å². The van der Waals surface area contributed by atoms with E-state index in [1.807, 2.05) is 37.3 Å². The lowest BCUT2D eigenvalue weighted by Crippen LogP contribution is -1.67. The summed E-state index contributed by atoms with van der Waals surface area (Å²) in [5.74, 6) is 0.552. The lowest BCUT2D eigenvalue weighted by atomic mass is 10.2. The number of allylic oxidation sites excluding steroid dienone is 7. The third-order valence-electron chi connectivity index (χ3n) is 1.11. The lowest BCUT2D eigenvalue weighted by Gasteiger charge is -1.87. The second kappa shape index (κ2) is 7.36. The second-order valence-corrected chi connectivity index (χ2v) is 2.26. The molecule has 0 aromatic heterocycles. The van der Waals surface area contributed by atoms with E-state index in [1.165, 1.54) is 0 Å². The summed E-state index contributed by atoms with van der Waals surface area (Å²) in [6.07, 6.45) is 11.5. The highest BCUT2D eigenvalue weighted by Gasteiger charge is 1.77. The zero-order valence-corrected chi connectivity index (χ0v) is 7.51. The molecule has 0 N–H and O–H groups in total. The summed E-state index contributed by atoms with van der Waals surface area (Å²) in [5, 5.41) is 0. The average molecular weight is 169 g/mol. The number of alkyl halides is 1.